The van der Waals surface area contributed by atoms with Crippen molar-refractivity contribution < 1.29 is 4.79 Å². The number of hydrogen-bond donors (Lipinski definition) is 0. The fourth-order valence-electron chi connectivity index (χ4n) is 1.16. The predicted octanol–water partition coefficient (Wildman–Crippen LogP) is 1.95. The molecule has 0 spiro atoms. The van der Waals surface area contributed by atoms with Gasteiger partial charge in [-0.2, -0.15) is 11.8 Å². The van der Waals surface area contributed by atoms with Crippen LogP contribution >= 0.6 is 23.4 Å². The van der Waals surface area contributed by atoms with Crippen molar-refractivity contribution in [2.45, 2.75) is 13.0 Å². The molecule has 1 aromatic heterocycles. The fourth-order valence-corrected chi connectivity index (χ4v) is 1.96. The van der Waals surface area contributed by atoms with E-state index in [0.29, 0.717) is 5.69 Å². The van der Waals surface area contributed by atoms with E-state index in [4.69, 9.17) is 11.6 Å². The van der Waals surface area contributed by atoms with Crippen LogP contribution in [0, 0.1) is 0 Å². The van der Waals surface area contributed by atoms with E-state index in [9.17, 15) is 4.79 Å². The third kappa shape index (κ3) is 3.35. The van der Waals surface area contributed by atoms with E-state index in [1.165, 1.54) is 12.4 Å². The number of thioether (sulfide) groups is 1. The molecule has 6 heteroatoms. The quantitative estimate of drug-likeness (QED) is 0.829. The number of halogens is 1. The van der Waals surface area contributed by atoms with Crippen molar-refractivity contribution in [2.24, 2.45) is 0 Å². The first-order chi connectivity index (χ1) is 7.56. The van der Waals surface area contributed by atoms with Gasteiger partial charge in [0.15, 0.2) is 0 Å². The second-order valence-corrected chi connectivity index (χ2v) is 4.74. The van der Waals surface area contributed by atoms with Crippen LogP contribution in [0.2, 0.25) is 5.15 Å². The molecular formula is C10H14ClN3OS. The zero-order chi connectivity index (χ0) is 12.1. The van der Waals surface area contributed by atoms with Gasteiger partial charge in [0.1, 0.15) is 10.8 Å². The van der Waals surface area contributed by atoms with Gasteiger partial charge in [0.05, 0.1) is 12.4 Å². The van der Waals surface area contributed by atoms with Crippen LogP contribution in [-0.2, 0) is 0 Å². The molecule has 0 fully saturated rings. The highest BCUT2D eigenvalue weighted by molar-refractivity contribution is 7.98. The van der Waals surface area contributed by atoms with Crippen molar-refractivity contribution in [1.82, 2.24) is 14.9 Å². The lowest BCUT2D eigenvalue weighted by Gasteiger charge is -2.23. The van der Waals surface area contributed by atoms with E-state index in [-0.39, 0.29) is 17.1 Å². The normalized spacial score (nSPS) is 12.2. The van der Waals surface area contributed by atoms with Gasteiger partial charge in [-0.1, -0.05) is 11.6 Å². The van der Waals surface area contributed by atoms with Crippen LogP contribution in [-0.4, -0.2) is 45.9 Å². The van der Waals surface area contributed by atoms with Crippen molar-refractivity contribution in [3.63, 3.8) is 0 Å². The van der Waals surface area contributed by atoms with Crippen LogP contribution in [0.15, 0.2) is 12.4 Å². The Labute approximate surface area is 104 Å². The van der Waals surface area contributed by atoms with E-state index < -0.39 is 0 Å². The van der Waals surface area contributed by atoms with Gasteiger partial charge in [0, 0.05) is 18.8 Å². The molecule has 0 N–H and O–H groups in total. The standard InChI is InChI=1S/C10H14ClN3OS/c1-7(6-16-3)14(2)10(15)8-4-13-9(11)5-12-8/h4-5,7H,6H2,1-3H3. The van der Waals surface area contributed by atoms with Crippen molar-refractivity contribution >= 4 is 29.3 Å². The topological polar surface area (TPSA) is 46.1 Å². The number of aromatic nitrogens is 2. The highest BCUT2D eigenvalue weighted by Crippen LogP contribution is 2.08. The number of carbonyl (C=O) groups excluding carboxylic acids is 1. The fraction of sp³-hybridized carbons (Fsp3) is 0.500. The number of carbonyl (C=O) groups is 1. The Kier molecular flexibility index (Phi) is 5.02. The monoisotopic (exact) mass is 259 g/mol. The zero-order valence-electron chi connectivity index (χ0n) is 9.48. The van der Waals surface area contributed by atoms with Gasteiger partial charge in [-0.15, -0.1) is 0 Å². The van der Waals surface area contributed by atoms with E-state index in [0.717, 1.165) is 5.75 Å². The minimum Gasteiger partial charge on any atom is -0.337 e. The molecule has 1 amide bonds. The van der Waals surface area contributed by atoms with E-state index in [1.54, 1.807) is 23.7 Å². The van der Waals surface area contributed by atoms with Crippen molar-refractivity contribution in [2.75, 3.05) is 19.1 Å². The summed E-state index contributed by atoms with van der Waals surface area (Å²) in [5, 5.41) is 0.288. The summed E-state index contributed by atoms with van der Waals surface area (Å²) < 4.78 is 0. The first-order valence-corrected chi connectivity index (χ1v) is 6.57. The lowest BCUT2D eigenvalue weighted by molar-refractivity contribution is 0.0751. The number of hydrogen-bond acceptors (Lipinski definition) is 4. The molecule has 0 bridgehead atoms. The Bertz CT molecular complexity index is 358. The van der Waals surface area contributed by atoms with E-state index >= 15 is 0 Å². The molecule has 0 aromatic carbocycles. The Balaban J connectivity index is 2.73. The summed E-state index contributed by atoms with van der Waals surface area (Å²) in [5.74, 6) is 0.759. The average Bonchev–Trinajstić information content (AvgIpc) is 2.28. The summed E-state index contributed by atoms with van der Waals surface area (Å²) >= 11 is 7.31. The largest absolute Gasteiger partial charge is 0.337 e. The van der Waals surface area contributed by atoms with Crippen LogP contribution in [0.4, 0.5) is 0 Å². The molecule has 0 aliphatic carbocycles. The van der Waals surface area contributed by atoms with Crippen LogP contribution in [0.5, 0.6) is 0 Å². The molecule has 1 rings (SSSR count). The second kappa shape index (κ2) is 6.06. The molecule has 88 valence electrons. The van der Waals surface area contributed by atoms with Crippen LogP contribution < -0.4 is 0 Å². The van der Waals surface area contributed by atoms with Gasteiger partial charge in [-0.25, -0.2) is 9.97 Å². The maximum atomic E-state index is 11.9. The van der Waals surface area contributed by atoms with Crippen LogP contribution in [0.1, 0.15) is 17.4 Å². The molecule has 0 saturated carbocycles. The van der Waals surface area contributed by atoms with Gasteiger partial charge >= 0.3 is 0 Å². The zero-order valence-corrected chi connectivity index (χ0v) is 11.0. The summed E-state index contributed by atoms with van der Waals surface area (Å²) in [6.45, 7) is 2.00. The highest BCUT2D eigenvalue weighted by Gasteiger charge is 2.18. The minimum absolute atomic E-state index is 0.134. The number of amides is 1. The van der Waals surface area contributed by atoms with Crippen molar-refractivity contribution in [3.05, 3.63) is 23.2 Å². The molecule has 0 saturated heterocycles. The molecule has 0 aliphatic heterocycles. The second-order valence-electron chi connectivity index (χ2n) is 3.44. The third-order valence-corrected chi connectivity index (χ3v) is 3.24. The van der Waals surface area contributed by atoms with Gasteiger partial charge in [0.25, 0.3) is 5.91 Å². The molecule has 1 heterocycles. The first-order valence-electron chi connectivity index (χ1n) is 4.80. The molecule has 1 aromatic rings. The van der Waals surface area contributed by atoms with Gasteiger partial charge in [0.2, 0.25) is 0 Å². The van der Waals surface area contributed by atoms with Crippen molar-refractivity contribution in [1.29, 1.82) is 0 Å². The summed E-state index contributed by atoms with van der Waals surface area (Å²) in [7, 11) is 1.76. The number of rotatable bonds is 4. The maximum Gasteiger partial charge on any atom is 0.274 e. The van der Waals surface area contributed by atoms with Crippen molar-refractivity contribution in [3.8, 4) is 0 Å². The first kappa shape index (κ1) is 13.3. The molecule has 1 atom stereocenters. The molecule has 1 unspecified atom stereocenters. The van der Waals surface area contributed by atoms with Gasteiger partial charge in [-0.3, -0.25) is 4.79 Å². The molecule has 16 heavy (non-hydrogen) atoms. The summed E-state index contributed by atoms with van der Waals surface area (Å²) in [6.07, 6.45) is 4.78. The Morgan fingerprint density at radius 2 is 2.25 bits per heavy atom. The van der Waals surface area contributed by atoms with E-state index in [2.05, 4.69) is 9.97 Å². The van der Waals surface area contributed by atoms with Gasteiger partial charge < -0.3 is 4.90 Å². The Morgan fingerprint density at radius 3 is 2.75 bits per heavy atom. The highest BCUT2D eigenvalue weighted by atomic mass is 35.5. The summed E-state index contributed by atoms with van der Waals surface area (Å²) in [6, 6.07) is 0.167. The minimum atomic E-state index is -0.134. The Hall–Kier alpha value is -0.810. The lowest BCUT2D eigenvalue weighted by atomic mass is 10.3. The smallest absolute Gasteiger partial charge is 0.274 e. The SMILES string of the molecule is CSCC(C)N(C)C(=O)c1cnc(Cl)cn1. The molecule has 0 radical (unpaired) electrons. The molecule has 4 nitrogen and oxygen atoms in total. The Morgan fingerprint density at radius 1 is 1.56 bits per heavy atom. The predicted molar refractivity (Wildman–Crippen MR) is 67.0 cm³/mol. The van der Waals surface area contributed by atoms with Crippen LogP contribution in [0.25, 0.3) is 0 Å². The average molecular weight is 260 g/mol. The summed E-state index contributed by atoms with van der Waals surface area (Å²) in [5.41, 5.74) is 0.319. The maximum absolute atomic E-state index is 11.9. The molecule has 0 aliphatic rings. The third-order valence-electron chi connectivity index (χ3n) is 2.23. The lowest BCUT2D eigenvalue weighted by Crippen LogP contribution is -2.37. The summed E-state index contributed by atoms with van der Waals surface area (Å²) in [4.78, 5) is 21.4. The van der Waals surface area contributed by atoms with Gasteiger partial charge in [-0.05, 0) is 13.2 Å². The van der Waals surface area contributed by atoms with Crippen LogP contribution in [0.3, 0.4) is 0 Å². The number of nitrogens with zero attached hydrogens (tertiary/aromatic N) is 3. The molecular weight excluding hydrogens is 246 g/mol. The van der Waals surface area contributed by atoms with E-state index in [1.807, 2.05) is 13.2 Å².